The van der Waals surface area contributed by atoms with Gasteiger partial charge in [0.2, 0.25) is 0 Å². The van der Waals surface area contributed by atoms with E-state index in [2.05, 4.69) is 41.5 Å². The number of hydrogen-bond donors (Lipinski definition) is 0. The summed E-state index contributed by atoms with van der Waals surface area (Å²) in [6, 6.07) is 0. The molecule has 4 aromatic heterocycles. The maximum absolute atomic E-state index is 6.38. The minimum absolute atomic E-state index is 0.113. The molecule has 256 valence electrons. The van der Waals surface area contributed by atoms with Crippen LogP contribution in [0.2, 0.25) is 0 Å². The number of fused-ring (bicyclic) bond motifs is 3. The highest BCUT2D eigenvalue weighted by molar-refractivity contribution is 7.29. The summed E-state index contributed by atoms with van der Waals surface area (Å²) in [5.41, 5.74) is -0.250. The van der Waals surface area contributed by atoms with Gasteiger partial charge in [-0.15, -0.1) is 45.3 Å². The van der Waals surface area contributed by atoms with Crippen LogP contribution in [0.1, 0.15) is 71.6 Å². The van der Waals surface area contributed by atoms with Gasteiger partial charge in [-0.05, 0) is 0 Å². The van der Waals surface area contributed by atoms with Gasteiger partial charge < -0.3 is 37.9 Å². The van der Waals surface area contributed by atoms with Gasteiger partial charge in [0, 0.05) is 17.3 Å². The summed E-state index contributed by atoms with van der Waals surface area (Å²) in [5, 5.41) is 0. The second kappa shape index (κ2) is 13.2. The van der Waals surface area contributed by atoms with Gasteiger partial charge in [0.15, 0.2) is 46.0 Å². The predicted octanol–water partition coefficient (Wildman–Crippen LogP) is 10.3. The van der Waals surface area contributed by atoms with Gasteiger partial charge in [-0.25, -0.2) is 0 Å². The first-order valence-corrected chi connectivity index (χ1v) is 19.3. The summed E-state index contributed by atoms with van der Waals surface area (Å²) in [7, 11) is 3.38. The maximum Gasteiger partial charge on any atom is 0.181 e. The van der Waals surface area contributed by atoms with Gasteiger partial charge in [0.1, 0.15) is 26.4 Å². The molecule has 0 atom stereocenters. The molecule has 8 nitrogen and oxygen atoms in total. The van der Waals surface area contributed by atoms with E-state index in [-0.39, 0.29) is 10.8 Å². The first kappa shape index (κ1) is 34.1. The average molecular weight is 721 g/mol. The van der Waals surface area contributed by atoms with E-state index in [0.29, 0.717) is 45.4 Å². The molecule has 0 N–H and O–H groups in total. The van der Waals surface area contributed by atoms with E-state index in [0.717, 1.165) is 85.7 Å². The zero-order valence-corrected chi connectivity index (χ0v) is 32.1. The van der Waals surface area contributed by atoms with Crippen LogP contribution in [0.15, 0.2) is 0 Å². The van der Waals surface area contributed by atoms with Crippen molar-refractivity contribution in [3.05, 3.63) is 9.75 Å². The number of hydrogen-bond acceptors (Lipinski definition) is 12. The molecule has 3 aliphatic rings. The van der Waals surface area contributed by atoms with E-state index in [1.54, 1.807) is 59.6 Å². The highest BCUT2D eigenvalue weighted by Crippen LogP contribution is 2.66. The zero-order valence-electron chi connectivity index (χ0n) is 28.8. The summed E-state index contributed by atoms with van der Waals surface area (Å²) in [5.74, 6) is 6.02. The molecule has 7 heterocycles. The normalized spacial score (nSPS) is 15.4. The molecule has 0 aliphatic carbocycles. The quantitative estimate of drug-likeness (QED) is 0.202. The number of ether oxygens (including phenoxy) is 8. The highest BCUT2D eigenvalue weighted by Gasteiger charge is 2.39. The molecule has 0 bridgehead atoms. The van der Waals surface area contributed by atoms with E-state index < -0.39 is 0 Å². The Morgan fingerprint density at radius 3 is 1.19 bits per heavy atom. The molecule has 12 heteroatoms. The second-order valence-electron chi connectivity index (χ2n) is 13.0. The minimum Gasteiger partial charge on any atom is -0.492 e. The lowest BCUT2D eigenvalue weighted by molar-refractivity contribution is 0.172. The van der Waals surface area contributed by atoms with Crippen molar-refractivity contribution < 1.29 is 37.9 Å². The van der Waals surface area contributed by atoms with E-state index in [1.165, 1.54) is 0 Å². The van der Waals surface area contributed by atoms with Crippen LogP contribution in [0.25, 0.3) is 29.3 Å². The van der Waals surface area contributed by atoms with Crippen LogP contribution in [-0.2, 0) is 10.8 Å². The first-order valence-electron chi connectivity index (χ1n) is 16.1. The third-order valence-electron chi connectivity index (χ3n) is 7.61. The fourth-order valence-electron chi connectivity index (χ4n) is 5.63. The number of rotatable bonds is 5. The summed E-state index contributed by atoms with van der Waals surface area (Å²) < 4.78 is 50.0. The van der Waals surface area contributed by atoms with Gasteiger partial charge in [-0.2, -0.15) is 0 Å². The fourth-order valence-corrected chi connectivity index (χ4v) is 10.9. The third kappa shape index (κ3) is 5.93. The van der Waals surface area contributed by atoms with Gasteiger partial charge in [0.25, 0.3) is 0 Å². The Kier molecular flexibility index (Phi) is 9.61. The monoisotopic (exact) mass is 720 g/mol. The van der Waals surface area contributed by atoms with Gasteiger partial charge in [0.05, 0.1) is 66.5 Å². The lowest BCUT2D eigenvalue weighted by atomic mass is 9.94. The van der Waals surface area contributed by atoms with Crippen molar-refractivity contribution in [2.75, 3.05) is 53.9 Å². The lowest BCUT2D eigenvalue weighted by Gasteiger charge is -2.19. The molecule has 0 spiro atoms. The standard InChI is InChI=1S/C33H38O8S4.C2H6/c1-32(2,3)30-22(35-8)16(34-7)24(44-30)25-17-18(39-13-12-38-17)26(42-25)27-19-20(41-15-14-40-19)28(43-27)29-21-23(37-11-9-10-36-21)31(45-29)33(4,5)6;1-2/h9-15H2,1-8H3;1-2H3. The zero-order chi connectivity index (χ0) is 33.7. The Morgan fingerprint density at radius 1 is 0.426 bits per heavy atom. The van der Waals surface area contributed by atoms with Gasteiger partial charge >= 0.3 is 0 Å². The second-order valence-corrected chi connectivity index (χ2v) is 17.1. The van der Waals surface area contributed by atoms with Gasteiger partial charge in [-0.3, -0.25) is 0 Å². The minimum atomic E-state index is -0.137. The summed E-state index contributed by atoms with van der Waals surface area (Å²) in [4.78, 5) is 8.07. The Balaban J connectivity index is 0.00000190. The first-order chi connectivity index (χ1) is 22.5. The molecule has 0 radical (unpaired) electrons. The van der Waals surface area contributed by atoms with Crippen LogP contribution in [0.4, 0.5) is 0 Å². The Morgan fingerprint density at radius 2 is 0.766 bits per heavy atom. The van der Waals surface area contributed by atoms with Crippen LogP contribution < -0.4 is 37.9 Å². The van der Waals surface area contributed by atoms with Crippen molar-refractivity contribution >= 4 is 45.3 Å². The smallest absolute Gasteiger partial charge is 0.181 e. The highest BCUT2D eigenvalue weighted by atomic mass is 32.1. The van der Waals surface area contributed by atoms with Crippen LogP contribution >= 0.6 is 45.3 Å². The average Bonchev–Trinajstić information content (AvgIpc) is 3.78. The number of methoxy groups -OCH3 is 2. The Hall–Kier alpha value is -2.80. The van der Waals surface area contributed by atoms with E-state index >= 15 is 0 Å². The maximum atomic E-state index is 6.38. The molecule has 7 rings (SSSR count). The van der Waals surface area contributed by atoms with Gasteiger partial charge in [-0.1, -0.05) is 55.4 Å². The van der Waals surface area contributed by atoms with Crippen LogP contribution in [-0.4, -0.2) is 53.9 Å². The van der Waals surface area contributed by atoms with E-state index in [1.807, 2.05) is 13.8 Å². The predicted molar refractivity (Wildman–Crippen MR) is 194 cm³/mol. The SMILES string of the molecule is CC.COc1c(-c2sc(-c3sc(-c4sc(C(C)(C)C)c5c4OCCCO5)c4c3OCCO4)c3c2OCCO3)sc(C(C)(C)C)c1OC. The van der Waals surface area contributed by atoms with E-state index in [9.17, 15) is 0 Å². The van der Waals surface area contributed by atoms with Crippen molar-refractivity contribution in [3.63, 3.8) is 0 Å². The van der Waals surface area contributed by atoms with Crippen LogP contribution in [0.5, 0.6) is 46.0 Å². The summed E-state index contributed by atoms with van der Waals surface area (Å²) >= 11 is 6.65. The molecule has 0 fully saturated rings. The third-order valence-corrected chi connectivity index (χ3v) is 13.6. The Labute approximate surface area is 293 Å². The molecule has 0 unspecified atom stereocenters. The molecular formula is C35H44O8S4. The molecule has 0 saturated carbocycles. The van der Waals surface area contributed by atoms with Crippen molar-refractivity contribution in [3.8, 4) is 75.3 Å². The van der Waals surface area contributed by atoms with Crippen molar-refractivity contribution in [2.45, 2.75) is 72.6 Å². The number of thiophene rings is 4. The topological polar surface area (TPSA) is 73.8 Å². The molecule has 3 aliphatic heterocycles. The molecule has 0 saturated heterocycles. The molecule has 0 aromatic carbocycles. The molecule has 4 aromatic rings. The van der Waals surface area contributed by atoms with Crippen LogP contribution in [0.3, 0.4) is 0 Å². The van der Waals surface area contributed by atoms with Crippen molar-refractivity contribution in [1.29, 1.82) is 0 Å². The summed E-state index contributed by atoms with van der Waals surface area (Å²) in [6.45, 7) is 20.3. The van der Waals surface area contributed by atoms with Crippen LogP contribution in [0, 0.1) is 0 Å². The van der Waals surface area contributed by atoms with E-state index in [4.69, 9.17) is 37.9 Å². The lowest BCUT2D eigenvalue weighted by Crippen LogP contribution is -2.15. The summed E-state index contributed by atoms with van der Waals surface area (Å²) in [6.07, 6.45) is 0.838. The molecule has 0 amide bonds. The molecular weight excluding hydrogens is 677 g/mol. The largest absolute Gasteiger partial charge is 0.492 e. The Bertz CT molecular complexity index is 1740. The molecule has 47 heavy (non-hydrogen) atoms. The van der Waals surface area contributed by atoms with Crippen molar-refractivity contribution in [2.24, 2.45) is 0 Å². The van der Waals surface area contributed by atoms with Crippen molar-refractivity contribution in [1.82, 2.24) is 0 Å². The fraction of sp³-hybridized carbons (Fsp3) is 0.543.